The normalized spacial score (nSPS) is 16.1. The number of hydrogen-bond donors (Lipinski definition) is 0. The zero-order valence-corrected chi connectivity index (χ0v) is 11.1. The highest BCUT2D eigenvalue weighted by Crippen LogP contribution is 2.26. The number of amides is 1. The molecule has 2 rings (SSSR count). The molecule has 8 nitrogen and oxygen atoms in total. The fourth-order valence-electron chi connectivity index (χ4n) is 1.82. The van der Waals surface area contributed by atoms with Crippen LogP contribution in [0.25, 0.3) is 0 Å². The SMILES string of the molecule is CC(C)(C)OC(=O)N1CC(n2nccc2[N+](=O)[O-])C1. The van der Waals surface area contributed by atoms with Crippen molar-refractivity contribution in [3.05, 3.63) is 22.4 Å². The number of nitro groups is 1. The summed E-state index contributed by atoms with van der Waals surface area (Å²) < 4.78 is 6.54. The first-order valence-corrected chi connectivity index (χ1v) is 5.94. The third-order valence-corrected chi connectivity index (χ3v) is 2.70. The van der Waals surface area contributed by atoms with Crippen molar-refractivity contribution in [1.82, 2.24) is 14.7 Å². The standard InChI is InChI=1S/C11H16N4O4/c1-11(2,3)19-10(16)13-6-8(7-13)14-9(15(17)18)4-5-12-14/h4-5,8H,6-7H2,1-3H3. The Hall–Kier alpha value is -2.12. The van der Waals surface area contributed by atoms with Crippen molar-refractivity contribution in [2.45, 2.75) is 32.4 Å². The van der Waals surface area contributed by atoms with E-state index in [1.54, 1.807) is 20.8 Å². The number of rotatable bonds is 2. The van der Waals surface area contributed by atoms with Crippen LogP contribution in [0.3, 0.4) is 0 Å². The van der Waals surface area contributed by atoms with Gasteiger partial charge in [-0.15, -0.1) is 4.68 Å². The third kappa shape index (κ3) is 2.83. The summed E-state index contributed by atoms with van der Waals surface area (Å²) in [5.74, 6) is -0.0613. The second-order valence-corrected chi connectivity index (χ2v) is 5.43. The molecule has 0 atom stereocenters. The van der Waals surface area contributed by atoms with E-state index in [2.05, 4.69) is 5.10 Å². The smallest absolute Gasteiger partial charge is 0.410 e. The lowest BCUT2D eigenvalue weighted by Gasteiger charge is -2.37. The fourth-order valence-corrected chi connectivity index (χ4v) is 1.82. The van der Waals surface area contributed by atoms with Crippen molar-refractivity contribution in [3.63, 3.8) is 0 Å². The van der Waals surface area contributed by atoms with Crippen LogP contribution in [-0.4, -0.2) is 44.4 Å². The van der Waals surface area contributed by atoms with E-state index in [0.717, 1.165) is 0 Å². The zero-order valence-electron chi connectivity index (χ0n) is 11.1. The molecule has 0 N–H and O–H groups in total. The quantitative estimate of drug-likeness (QED) is 0.600. The van der Waals surface area contributed by atoms with Crippen molar-refractivity contribution in [1.29, 1.82) is 0 Å². The molecule has 104 valence electrons. The molecule has 2 heterocycles. The summed E-state index contributed by atoms with van der Waals surface area (Å²) in [5.41, 5.74) is -0.542. The van der Waals surface area contributed by atoms with E-state index in [-0.39, 0.29) is 11.9 Å². The molecule has 19 heavy (non-hydrogen) atoms. The molecular formula is C11H16N4O4. The van der Waals surface area contributed by atoms with E-state index in [9.17, 15) is 14.9 Å². The van der Waals surface area contributed by atoms with Gasteiger partial charge in [0.25, 0.3) is 0 Å². The van der Waals surface area contributed by atoms with Gasteiger partial charge in [0.1, 0.15) is 5.60 Å². The van der Waals surface area contributed by atoms with Gasteiger partial charge in [0, 0.05) is 0 Å². The molecule has 0 aromatic carbocycles. The lowest BCUT2D eigenvalue weighted by Crippen LogP contribution is -2.52. The second-order valence-electron chi connectivity index (χ2n) is 5.43. The van der Waals surface area contributed by atoms with Gasteiger partial charge >= 0.3 is 11.9 Å². The summed E-state index contributed by atoms with van der Waals surface area (Å²) in [6.45, 7) is 6.12. The Balaban J connectivity index is 1.94. The van der Waals surface area contributed by atoms with Gasteiger partial charge in [-0.3, -0.25) is 4.90 Å². The minimum absolute atomic E-state index is 0.0613. The highest BCUT2D eigenvalue weighted by atomic mass is 16.6. The summed E-state index contributed by atoms with van der Waals surface area (Å²) in [5, 5.41) is 14.7. The predicted molar refractivity (Wildman–Crippen MR) is 65.7 cm³/mol. The van der Waals surface area contributed by atoms with Gasteiger partial charge in [-0.05, 0) is 25.7 Å². The number of nitrogens with zero attached hydrogens (tertiary/aromatic N) is 4. The predicted octanol–water partition coefficient (Wildman–Crippen LogP) is 1.58. The molecule has 1 aromatic heterocycles. The van der Waals surface area contributed by atoms with Crippen LogP contribution in [0.5, 0.6) is 0 Å². The number of ether oxygens (including phenoxy) is 1. The summed E-state index contributed by atoms with van der Waals surface area (Å²) >= 11 is 0. The van der Waals surface area contributed by atoms with Gasteiger partial charge in [-0.2, -0.15) is 0 Å². The van der Waals surface area contributed by atoms with E-state index >= 15 is 0 Å². The maximum Gasteiger partial charge on any atom is 0.410 e. The van der Waals surface area contributed by atoms with Crippen molar-refractivity contribution < 1.29 is 14.5 Å². The highest BCUT2D eigenvalue weighted by Gasteiger charge is 2.40. The van der Waals surface area contributed by atoms with Crippen molar-refractivity contribution >= 4 is 11.9 Å². The monoisotopic (exact) mass is 268 g/mol. The van der Waals surface area contributed by atoms with Crippen LogP contribution in [0.1, 0.15) is 26.8 Å². The second kappa shape index (κ2) is 4.52. The summed E-state index contributed by atoms with van der Waals surface area (Å²) in [6.07, 6.45) is 0.979. The minimum atomic E-state index is -0.542. The maximum atomic E-state index is 11.7. The Morgan fingerprint density at radius 3 is 2.68 bits per heavy atom. The van der Waals surface area contributed by atoms with Crippen LogP contribution in [0.4, 0.5) is 10.6 Å². The third-order valence-electron chi connectivity index (χ3n) is 2.70. The lowest BCUT2D eigenvalue weighted by atomic mass is 10.1. The number of hydrogen-bond acceptors (Lipinski definition) is 5. The lowest BCUT2D eigenvalue weighted by molar-refractivity contribution is -0.393. The van der Waals surface area contributed by atoms with Gasteiger partial charge in [0.15, 0.2) is 6.04 Å². The van der Waals surface area contributed by atoms with Crippen LogP contribution in [0, 0.1) is 10.1 Å². The van der Waals surface area contributed by atoms with Crippen LogP contribution in [0.15, 0.2) is 12.3 Å². The average Bonchev–Trinajstić information content (AvgIpc) is 2.60. The first kappa shape index (κ1) is 13.3. The molecule has 1 amide bonds. The first-order chi connectivity index (χ1) is 8.78. The highest BCUT2D eigenvalue weighted by molar-refractivity contribution is 5.69. The molecule has 1 aromatic rings. The number of aromatic nitrogens is 2. The van der Waals surface area contributed by atoms with Crippen LogP contribution >= 0.6 is 0 Å². The van der Waals surface area contributed by atoms with Gasteiger partial charge < -0.3 is 14.9 Å². The summed E-state index contributed by atoms with van der Waals surface area (Å²) in [7, 11) is 0. The molecule has 1 aliphatic rings. The summed E-state index contributed by atoms with van der Waals surface area (Å²) in [6, 6.07) is 1.18. The Labute approximate surface area is 110 Å². The van der Waals surface area contributed by atoms with Crippen molar-refractivity contribution in [2.75, 3.05) is 13.1 Å². The van der Waals surface area contributed by atoms with Crippen molar-refractivity contribution in [3.8, 4) is 0 Å². The zero-order chi connectivity index (χ0) is 14.2. The van der Waals surface area contributed by atoms with E-state index in [1.165, 1.54) is 21.8 Å². The number of carbonyl (C=O) groups is 1. The van der Waals surface area contributed by atoms with Crippen LogP contribution in [-0.2, 0) is 4.74 Å². The molecule has 0 radical (unpaired) electrons. The molecule has 0 unspecified atom stereocenters. The molecule has 8 heteroatoms. The Bertz CT molecular complexity index is 499. The van der Waals surface area contributed by atoms with Gasteiger partial charge in [0.2, 0.25) is 0 Å². The van der Waals surface area contributed by atoms with Gasteiger partial charge in [-0.1, -0.05) is 5.10 Å². The molecule has 0 aliphatic carbocycles. The number of carbonyl (C=O) groups excluding carboxylic acids is 1. The van der Waals surface area contributed by atoms with E-state index in [0.29, 0.717) is 13.1 Å². The summed E-state index contributed by atoms with van der Waals surface area (Å²) in [4.78, 5) is 23.5. The van der Waals surface area contributed by atoms with E-state index in [4.69, 9.17) is 4.74 Å². The van der Waals surface area contributed by atoms with Crippen LogP contribution in [0.2, 0.25) is 0 Å². The average molecular weight is 268 g/mol. The van der Waals surface area contributed by atoms with Gasteiger partial charge in [-0.25, -0.2) is 4.79 Å². The largest absolute Gasteiger partial charge is 0.444 e. The van der Waals surface area contributed by atoms with E-state index in [1.807, 2.05) is 0 Å². The molecule has 0 saturated carbocycles. The molecule has 0 spiro atoms. The van der Waals surface area contributed by atoms with E-state index < -0.39 is 16.6 Å². The Kier molecular flexibility index (Phi) is 3.17. The maximum absolute atomic E-state index is 11.7. The Morgan fingerprint density at radius 1 is 1.53 bits per heavy atom. The molecule has 1 aliphatic heterocycles. The molecule has 0 bridgehead atoms. The Morgan fingerprint density at radius 2 is 2.16 bits per heavy atom. The molecule has 1 saturated heterocycles. The molecular weight excluding hydrogens is 252 g/mol. The minimum Gasteiger partial charge on any atom is -0.444 e. The van der Waals surface area contributed by atoms with Crippen LogP contribution < -0.4 is 0 Å². The molecule has 1 fully saturated rings. The fraction of sp³-hybridized carbons (Fsp3) is 0.636. The number of likely N-dealkylation sites (tertiary alicyclic amines) is 1. The topological polar surface area (TPSA) is 90.5 Å². The first-order valence-electron chi connectivity index (χ1n) is 5.94. The van der Waals surface area contributed by atoms with Gasteiger partial charge in [0.05, 0.1) is 25.4 Å². The van der Waals surface area contributed by atoms with Crippen molar-refractivity contribution in [2.24, 2.45) is 0 Å².